The number of carbonyl (C=O) groups is 1. The summed E-state index contributed by atoms with van der Waals surface area (Å²) in [6.07, 6.45) is 0. The second kappa shape index (κ2) is 2.95. The first-order chi connectivity index (χ1) is 6.58. The molecule has 0 spiro atoms. The molecule has 5 heteroatoms. The Balaban J connectivity index is 2.52. The van der Waals surface area contributed by atoms with Crippen LogP contribution in [0.5, 0.6) is 0 Å². The summed E-state index contributed by atoms with van der Waals surface area (Å²) in [7, 11) is -3.55. The number of benzene rings is 1. The van der Waals surface area contributed by atoms with Crippen molar-refractivity contribution in [2.24, 2.45) is 0 Å². The summed E-state index contributed by atoms with van der Waals surface area (Å²) < 4.78 is 23.9. The lowest BCUT2D eigenvalue weighted by molar-refractivity contribution is -0.113. The van der Waals surface area contributed by atoms with Crippen molar-refractivity contribution in [1.82, 2.24) is 4.72 Å². The van der Waals surface area contributed by atoms with Crippen molar-refractivity contribution in [2.45, 2.75) is 0 Å². The summed E-state index contributed by atoms with van der Waals surface area (Å²) in [6.45, 7) is 0. The van der Waals surface area contributed by atoms with E-state index in [1.807, 2.05) is 4.72 Å². The van der Waals surface area contributed by atoms with Crippen LogP contribution in [0.3, 0.4) is 0 Å². The average molecular weight is 209 g/mol. The second-order valence-electron chi connectivity index (χ2n) is 2.87. The standard InChI is InChI=1S/C9H7NO3S/c11-9-8(6-14(12,13)10-9)7-4-2-1-3-5-7/h1-6H,(H,10,11). The predicted octanol–water partition coefficient (Wildman–Crippen LogP) is 0.487. The summed E-state index contributed by atoms with van der Waals surface area (Å²) in [4.78, 5) is 11.2. The Morgan fingerprint density at radius 1 is 1.07 bits per heavy atom. The fourth-order valence-electron chi connectivity index (χ4n) is 1.24. The summed E-state index contributed by atoms with van der Waals surface area (Å²) in [5.74, 6) is -0.573. The van der Waals surface area contributed by atoms with Crippen molar-refractivity contribution in [3.63, 3.8) is 0 Å². The van der Waals surface area contributed by atoms with E-state index in [-0.39, 0.29) is 5.57 Å². The van der Waals surface area contributed by atoms with Crippen molar-refractivity contribution in [1.29, 1.82) is 0 Å². The normalized spacial score (nSPS) is 18.9. The van der Waals surface area contributed by atoms with Gasteiger partial charge in [0.15, 0.2) is 0 Å². The molecule has 72 valence electrons. The van der Waals surface area contributed by atoms with Gasteiger partial charge in [0.2, 0.25) is 0 Å². The van der Waals surface area contributed by atoms with Gasteiger partial charge in [0.1, 0.15) is 0 Å². The van der Waals surface area contributed by atoms with Gasteiger partial charge in [0, 0.05) is 0 Å². The second-order valence-corrected chi connectivity index (χ2v) is 4.40. The Morgan fingerprint density at radius 2 is 1.71 bits per heavy atom. The van der Waals surface area contributed by atoms with E-state index in [1.54, 1.807) is 30.3 Å². The summed E-state index contributed by atoms with van der Waals surface area (Å²) in [5.41, 5.74) is 0.789. The molecule has 1 aromatic carbocycles. The van der Waals surface area contributed by atoms with Crippen LogP contribution in [0.1, 0.15) is 5.56 Å². The lowest BCUT2D eigenvalue weighted by Crippen LogP contribution is -2.21. The zero-order valence-corrected chi connectivity index (χ0v) is 7.91. The third-order valence-electron chi connectivity index (χ3n) is 1.84. The zero-order chi connectivity index (χ0) is 10.2. The molecule has 1 aromatic rings. The van der Waals surface area contributed by atoms with Crippen LogP contribution in [-0.4, -0.2) is 14.3 Å². The van der Waals surface area contributed by atoms with E-state index in [2.05, 4.69) is 0 Å². The molecule has 0 aromatic heterocycles. The minimum atomic E-state index is -3.55. The molecule has 0 radical (unpaired) electrons. The molecule has 1 amide bonds. The van der Waals surface area contributed by atoms with Gasteiger partial charge in [-0.15, -0.1) is 0 Å². The highest BCUT2D eigenvalue weighted by Crippen LogP contribution is 2.20. The highest BCUT2D eigenvalue weighted by molar-refractivity contribution is 7.93. The number of hydrogen-bond donors (Lipinski definition) is 1. The van der Waals surface area contributed by atoms with Gasteiger partial charge in [-0.1, -0.05) is 30.3 Å². The van der Waals surface area contributed by atoms with Crippen molar-refractivity contribution in [3.8, 4) is 0 Å². The summed E-state index contributed by atoms with van der Waals surface area (Å²) >= 11 is 0. The van der Waals surface area contributed by atoms with Gasteiger partial charge < -0.3 is 0 Å². The first kappa shape index (κ1) is 8.96. The molecule has 0 atom stereocenters. The fourth-order valence-corrected chi connectivity index (χ4v) is 2.22. The van der Waals surface area contributed by atoms with E-state index in [0.29, 0.717) is 5.56 Å². The molecule has 4 nitrogen and oxygen atoms in total. The van der Waals surface area contributed by atoms with Gasteiger partial charge in [0.05, 0.1) is 11.0 Å². The van der Waals surface area contributed by atoms with Crippen LogP contribution in [0, 0.1) is 0 Å². The SMILES string of the molecule is O=C1NS(=O)(=O)C=C1c1ccccc1. The molecule has 14 heavy (non-hydrogen) atoms. The lowest BCUT2D eigenvalue weighted by Gasteiger charge is -1.97. The Morgan fingerprint density at radius 3 is 2.21 bits per heavy atom. The van der Waals surface area contributed by atoms with Crippen molar-refractivity contribution in [2.75, 3.05) is 0 Å². The summed E-state index contributed by atoms with van der Waals surface area (Å²) in [6, 6.07) is 8.66. The zero-order valence-electron chi connectivity index (χ0n) is 7.10. The van der Waals surface area contributed by atoms with Crippen LogP contribution in [0.4, 0.5) is 0 Å². The largest absolute Gasteiger partial charge is 0.268 e. The van der Waals surface area contributed by atoms with E-state index in [9.17, 15) is 13.2 Å². The maximum atomic E-state index is 11.2. The Kier molecular flexibility index (Phi) is 1.89. The molecule has 1 aliphatic heterocycles. The van der Waals surface area contributed by atoms with Gasteiger partial charge >= 0.3 is 0 Å². The molecule has 1 aliphatic rings. The first-order valence-electron chi connectivity index (χ1n) is 3.93. The number of rotatable bonds is 1. The Labute approximate surface area is 81.3 Å². The van der Waals surface area contributed by atoms with Crippen LogP contribution in [-0.2, 0) is 14.8 Å². The smallest absolute Gasteiger partial charge is 0.266 e. The van der Waals surface area contributed by atoms with Crippen molar-refractivity contribution < 1.29 is 13.2 Å². The van der Waals surface area contributed by atoms with Crippen LogP contribution < -0.4 is 4.72 Å². The molecule has 0 bridgehead atoms. The highest BCUT2D eigenvalue weighted by Gasteiger charge is 2.26. The number of amides is 1. The van der Waals surface area contributed by atoms with Gasteiger partial charge in [-0.3, -0.25) is 4.79 Å². The van der Waals surface area contributed by atoms with Gasteiger partial charge in [-0.05, 0) is 5.56 Å². The first-order valence-corrected chi connectivity index (χ1v) is 5.47. The van der Waals surface area contributed by atoms with Gasteiger partial charge in [-0.2, -0.15) is 0 Å². The predicted molar refractivity (Wildman–Crippen MR) is 51.5 cm³/mol. The monoisotopic (exact) mass is 209 g/mol. The highest BCUT2D eigenvalue weighted by atomic mass is 32.2. The summed E-state index contributed by atoms with van der Waals surface area (Å²) in [5, 5.41) is 0.949. The minimum absolute atomic E-state index is 0.186. The average Bonchev–Trinajstić information content (AvgIpc) is 2.41. The number of carbonyl (C=O) groups excluding carboxylic acids is 1. The molecule has 1 heterocycles. The maximum Gasteiger partial charge on any atom is 0.266 e. The number of hydrogen-bond acceptors (Lipinski definition) is 3. The van der Waals surface area contributed by atoms with Crippen LogP contribution >= 0.6 is 0 Å². The molecular formula is C9H7NO3S. The topological polar surface area (TPSA) is 63.2 Å². The molecule has 0 saturated carbocycles. The van der Waals surface area contributed by atoms with Crippen molar-refractivity contribution in [3.05, 3.63) is 41.3 Å². The molecule has 0 aliphatic carbocycles. The molecule has 0 saturated heterocycles. The molecule has 0 fully saturated rings. The molecular weight excluding hydrogens is 202 g/mol. The van der Waals surface area contributed by atoms with E-state index in [0.717, 1.165) is 5.41 Å². The Hall–Kier alpha value is -1.62. The molecule has 0 unspecified atom stereocenters. The van der Waals surface area contributed by atoms with Gasteiger partial charge in [-0.25, -0.2) is 13.1 Å². The van der Waals surface area contributed by atoms with Crippen molar-refractivity contribution >= 4 is 21.5 Å². The van der Waals surface area contributed by atoms with Crippen LogP contribution in [0.15, 0.2) is 35.7 Å². The number of sulfonamides is 1. The van der Waals surface area contributed by atoms with Gasteiger partial charge in [0.25, 0.3) is 15.9 Å². The third kappa shape index (κ3) is 1.54. The fraction of sp³-hybridized carbons (Fsp3) is 0. The van der Waals surface area contributed by atoms with Crippen LogP contribution in [0.2, 0.25) is 0 Å². The Bertz CT molecular complexity index is 502. The number of nitrogens with one attached hydrogen (secondary N) is 1. The maximum absolute atomic E-state index is 11.2. The quantitative estimate of drug-likeness (QED) is 0.732. The minimum Gasteiger partial charge on any atom is -0.268 e. The van der Waals surface area contributed by atoms with E-state index in [1.165, 1.54) is 0 Å². The van der Waals surface area contributed by atoms with E-state index >= 15 is 0 Å². The lowest BCUT2D eigenvalue weighted by atomic mass is 10.1. The van der Waals surface area contributed by atoms with E-state index < -0.39 is 15.9 Å². The third-order valence-corrected chi connectivity index (χ3v) is 2.85. The van der Waals surface area contributed by atoms with Crippen LogP contribution in [0.25, 0.3) is 5.57 Å². The molecule has 1 N–H and O–H groups in total. The molecule has 2 rings (SSSR count). The van der Waals surface area contributed by atoms with E-state index in [4.69, 9.17) is 0 Å².